The van der Waals surface area contributed by atoms with Gasteiger partial charge in [-0.15, -0.1) is 0 Å². The molecule has 5 N–H and O–H groups in total. The summed E-state index contributed by atoms with van der Waals surface area (Å²) in [6.45, 7) is 1.91. The molecule has 1 aromatic carbocycles. The first-order valence-corrected chi connectivity index (χ1v) is 6.14. The van der Waals surface area contributed by atoms with Gasteiger partial charge >= 0.3 is 0 Å². The van der Waals surface area contributed by atoms with Crippen LogP contribution in [0.1, 0.15) is 30.1 Å². The van der Waals surface area contributed by atoms with Crippen molar-refractivity contribution in [3.63, 3.8) is 0 Å². The van der Waals surface area contributed by atoms with Gasteiger partial charge in [0.15, 0.2) is 5.84 Å². The Kier molecular flexibility index (Phi) is 5.44. The number of hydrogen-bond acceptors (Lipinski definition) is 4. The summed E-state index contributed by atoms with van der Waals surface area (Å²) in [5.74, 6) is -0.636. The second-order valence-electron chi connectivity index (χ2n) is 4.00. The Balaban J connectivity index is 2.90. The van der Waals surface area contributed by atoms with Crippen molar-refractivity contribution in [1.82, 2.24) is 5.32 Å². The van der Waals surface area contributed by atoms with Gasteiger partial charge < -0.3 is 21.4 Å². The summed E-state index contributed by atoms with van der Waals surface area (Å²) in [6.07, 6.45) is 1.27. The number of phenols is 1. The highest BCUT2D eigenvalue weighted by molar-refractivity contribution is 6.34. The monoisotopic (exact) mass is 285 g/mol. The molecule has 0 radical (unpaired) electrons. The first-order valence-electron chi connectivity index (χ1n) is 5.76. The molecular formula is C12H16ClN3O3. The molecule has 0 fully saturated rings. The first kappa shape index (κ1) is 15.1. The Morgan fingerprint density at radius 1 is 1.58 bits per heavy atom. The van der Waals surface area contributed by atoms with Gasteiger partial charge in [0.25, 0.3) is 5.91 Å². The van der Waals surface area contributed by atoms with E-state index < -0.39 is 11.9 Å². The number of rotatable bonds is 5. The van der Waals surface area contributed by atoms with E-state index in [1.54, 1.807) is 0 Å². The van der Waals surface area contributed by atoms with Crippen LogP contribution in [0.25, 0.3) is 0 Å². The van der Waals surface area contributed by atoms with E-state index in [9.17, 15) is 9.90 Å². The number of benzene rings is 1. The average Bonchev–Trinajstić information content (AvgIpc) is 2.40. The third-order valence-corrected chi connectivity index (χ3v) is 2.88. The summed E-state index contributed by atoms with van der Waals surface area (Å²) in [5.41, 5.74) is 5.63. The molecule has 1 atom stereocenters. The van der Waals surface area contributed by atoms with Crippen LogP contribution in [0.2, 0.25) is 5.02 Å². The number of aromatic hydroxyl groups is 1. The highest BCUT2D eigenvalue weighted by atomic mass is 35.5. The topological polar surface area (TPSA) is 108 Å². The van der Waals surface area contributed by atoms with Crippen LogP contribution in [0.3, 0.4) is 0 Å². The molecule has 19 heavy (non-hydrogen) atoms. The zero-order valence-electron chi connectivity index (χ0n) is 10.4. The Bertz CT molecular complexity index is 491. The summed E-state index contributed by atoms with van der Waals surface area (Å²) in [7, 11) is 0. The van der Waals surface area contributed by atoms with Gasteiger partial charge in [-0.05, 0) is 24.6 Å². The van der Waals surface area contributed by atoms with Gasteiger partial charge in [0.05, 0.1) is 16.6 Å². The van der Waals surface area contributed by atoms with Gasteiger partial charge in [-0.2, -0.15) is 0 Å². The Morgan fingerprint density at radius 3 is 2.84 bits per heavy atom. The van der Waals surface area contributed by atoms with E-state index >= 15 is 0 Å². The number of carbonyl (C=O) groups excluding carboxylic acids is 1. The van der Waals surface area contributed by atoms with Crippen LogP contribution in [0.4, 0.5) is 0 Å². The molecule has 7 heteroatoms. The number of carbonyl (C=O) groups is 1. The smallest absolute Gasteiger partial charge is 0.253 e. The van der Waals surface area contributed by atoms with E-state index in [1.807, 2.05) is 6.92 Å². The van der Waals surface area contributed by atoms with E-state index in [4.69, 9.17) is 22.5 Å². The fourth-order valence-electron chi connectivity index (χ4n) is 1.58. The predicted molar refractivity (Wildman–Crippen MR) is 72.7 cm³/mol. The van der Waals surface area contributed by atoms with Crippen LogP contribution >= 0.6 is 11.6 Å². The Morgan fingerprint density at radius 2 is 2.26 bits per heavy atom. The molecule has 0 aromatic heterocycles. The highest BCUT2D eigenvalue weighted by Gasteiger charge is 2.19. The number of amides is 1. The van der Waals surface area contributed by atoms with Crippen LogP contribution in [0.5, 0.6) is 5.75 Å². The molecule has 1 rings (SSSR count). The largest absolute Gasteiger partial charge is 0.508 e. The zero-order valence-corrected chi connectivity index (χ0v) is 11.2. The predicted octanol–water partition coefficient (Wildman–Crippen LogP) is 1.69. The van der Waals surface area contributed by atoms with Gasteiger partial charge in [0, 0.05) is 0 Å². The number of amidine groups is 1. The van der Waals surface area contributed by atoms with Crippen LogP contribution in [-0.2, 0) is 0 Å². The lowest BCUT2D eigenvalue weighted by Crippen LogP contribution is -2.44. The lowest BCUT2D eigenvalue weighted by atomic mass is 10.1. The standard InChI is InChI=1S/C12H16ClN3O3/c1-2-3-10(11(14)16-19)15-12(18)8-6-7(17)4-5-9(8)13/h4-6,10,17,19H,2-3H2,1H3,(H2,14,16)(H,15,18). The second-order valence-corrected chi connectivity index (χ2v) is 4.41. The number of nitrogens with zero attached hydrogens (tertiary/aromatic N) is 1. The van der Waals surface area contributed by atoms with Crippen molar-refractivity contribution in [2.45, 2.75) is 25.8 Å². The molecule has 0 saturated heterocycles. The SMILES string of the molecule is CCCC(NC(=O)c1cc(O)ccc1Cl)/C(N)=N/O. The van der Waals surface area contributed by atoms with Crippen LogP contribution < -0.4 is 11.1 Å². The van der Waals surface area contributed by atoms with E-state index in [-0.39, 0.29) is 22.2 Å². The number of nitrogens with one attached hydrogen (secondary N) is 1. The maximum absolute atomic E-state index is 12.0. The molecule has 1 amide bonds. The van der Waals surface area contributed by atoms with Crippen molar-refractivity contribution in [2.24, 2.45) is 10.9 Å². The molecular weight excluding hydrogens is 270 g/mol. The average molecular weight is 286 g/mol. The number of phenolic OH excluding ortho intramolecular Hbond substituents is 1. The third-order valence-electron chi connectivity index (χ3n) is 2.55. The van der Waals surface area contributed by atoms with E-state index in [0.29, 0.717) is 6.42 Å². The third kappa shape index (κ3) is 4.03. The van der Waals surface area contributed by atoms with Crippen LogP contribution in [0, 0.1) is 0 Å². The minimum Gasteiger partial charge on any atom is -0.508 e. The summed E-state index contributed by atoms with van der Waals surface area (Å²) in [4.78, 5) is 12.0. The molecule has 0 aliphatic rings. The molecule has 1 unspecified atom stereocenters. The minimum atomic E-state index is -0.582. The van der Waals surface area contributed by atoms with Crippen molar-refractivity contribution in [3.05, 3.63) is 28.8 Å². The summed E-state index contributed by atoms with van der Waals surface area (Å²) in [6, 6.07) is 3.48. The van der Waals surface area contributed by atoms with Crippen molar-refractivity contribution in [2.75, 3.05) is 0 Å². The maximum atomic E-state index is 12.0. The maximum Gasteiger partial charge on any atom is 0.253 e. The van der Waals surface area contributed by atoms with E-state index in [2.05, 4.69) is 10.5 Å². The van der Waals surface area contributed by atoms with Crippen LogP contribution in [-0.4, -0.2) is 28.1 Å². The molecule has 0 spiro atoms. The zero-order chi connectivity index (χ0) is 14.4. The van der Waals surface area contributed by atoms with Crippen molar-refractivity contribution < 1.29 is 15.1 Å². The van der Waals surface area contributed by atoms with Crippen molar-refractivity contribution >= 4 is 23.3 Å². The van der Waals surface area contributed by atoms with Gasteiger partial charge in [-0.3, -0.25) is 4.79 Å². The molecule has 104 valence electrons. The number of oxime groups is 1. The molecule has 0 saturated carbocycles. The molecule has 6 nitrogen and oxygen atoms in total. The molecule has 0 heterocycles. The molecule has 0 aliphatic carbocycles. The number of hydrogen-bond donors (Lipinski definition) is 4. The summed E-state index contributed by atoms with van der Waals surface area (Å²) in [5, 5.41) is 23.7. The lowest BCUT2D eigenvalue weighted by molar-refractivity contribution is 0.0944. The quantitative estimate of drug-likeness (QED) is 0.286. The minimum absolute atomic E-state index is 0.0645. The first-order chi connectivity index (χ1) is 8.99. The summed E-state index contributed by atoms with van der Waals surface area (Å²) >= 11 is 5.88. The van der Waals surface area contributed by atoms with Gasteiger partial charge in [0.2, 0.25) is 0 Å². The fraction of sp³-hybridized carbons (Fsp3) is 0.333. The van der Waals surface area contributed by atoms with Gasteiger partial charge in [-0.25, -0.2) is 0 Å². The molecule has 0 aliphatic heterocycles. The van der Waals surface area contributed by atoms with Gasteiger partial charge in [-0.1, -0.05) is 30.1 Å². The number of nitrogens with two attached hydrogens (primary N) is 1. The summed E-state index contributed by atoms with van der Waals surface area (Å²) < 4.78 is 0. The highest BCUT2D eigenvalue weighted by Crippen LogP contribution is 2.21. The second kappa shape index (κ2) is 6.84. The normalized spacial score (nSPS) is 13.1. The van der Waals surface area contributed by atoms with E-state index in [0.717, 1.165) is 6.42 Å². The number of halogens is 1. The van der Waals surface area contributed by atoms with Crippen molar-refractivity contribution in [3.8, 4) is 5.75 Å². The Labute approximate surface area is 115 Å². The molecule has 0 bridgehead atoms. The van der Waals surface area contributed by atoms with Crippen LogP contribution in [0.15, 0.2) is 23.4 Å². The molecule has 1 aromatic rings. The van der Waals surface area contributed by atoms with E-state index in [1.165, 1.54) is 18.2 Å². The van der Waals surface area contributed by atoms with Gasteiger partial charge in [0.1, 0.15) is 5.75 Å². The Hall–Kier alpha value is -1.95. The van der Waals surface area contributed by atoms with Crippen molar-refractivity contribution in [1.29, 1.82) is 0 Å². The fourth-order valence-corrected chi connectivity index (χ4v) is 1.78. The lowest BCUT2D eigenvalue weighted by Gasteiger charge is -2.17.